The van der Waals surface area contributed by atoms with Crippen molar-refractivity contribution < 1.29 is 14.1 Å². The molecule has 1 aliphatic heterocycles. The van der Waals surface area contributed by atoms with Crippen molar-refractivity contribution in [2.75, 3.05) is 26.8 Å². The molecular weight excluding hydrogens is 308 g/mol. The number of nitrogens with zero attached hydrogens (tertiary/aromatic N) is 3. The maximum atomic E-state index is 12.5. The van der Waals surface area contributed by atoms with E-state index >= 15 is 0 Å². The minimum Gasteiger partial charge on any atom is -0.385 e. The van der Waals surface area contributed by atoms with Gasteiger partial charge in [-0.25, -0.2) is 4.79 Å². The van der Waals surface area contributed by atoms with E-state index in [0.717, 1.165) is 38.8 Å². The van der Waals surface area contributed by atoms with Gasteiger partial charge in [0.1, 0.15) is 0 Å². The number of aromatic nitrogens is 2. The molecule has 7 nitrogen and oxygen atoms in total. The summed E-state index contributed by atoms with van der Waals surface area (Å²) in [6.45, 7) is 6.14. The van der Waals surface area contributed by atoms with Gasteiger partial charge < -0.3 is 19.5 Å². The quantitative estimate of drug-likeness (QED) is 0.737. The molecule has 7 heteroatoms. The van der Waals surface area contributed by atoms with E-state index in [1.165, 1.54) is 6.42 Å². The molecule has 1 saturated heterocycles. The fraction of sp³-hybridized carbons (Fsp3) is 0.824. The lowest BCUT2D eigenvalue weighted by atomic mass is 9.98. The zero-order chi connectivity index (χ0) is 17.4. The first kappa shape index (κ1) is 18.7. The number of likely N-dealkylation sites (tertiary alicyclic amines) is 1. The Balaban J connectivity index is 1.76. The van der Waals surface area contributed by atoms with Crippen LogP contribution >= 0.6 is 0 Å². The van der Waals surface area contributed by atoms with Crippen LogP contribution in [0.25, 0.3) is 0 Å². The largest absolute Gasteiger partial charge is 0.385 e. The smallest absolute Gasteiger partial charge is 0.317 e. The summed E-state index contributed by atoms with van der Waals surface area (Å²) in [5, 5.41) is 6.94. The fourth-order valence-corrected chi connectivity index (χ4v) is 3.02. The van der Waals surface area contributed by atoms with E-state index in [2.05, 4.69) is 15.5 Å². The molecule has 0 aromatic carbocycles. The number of carbonyl (C=O) groups is 1. The van der Waals surface area contributed by atoms with E-state index in [0.29, 0.717) is 30.7 Å². The summed E-state index contributed by atoms with van der Waals surface area (Å²) in [5.74, 6) is 1.52. The van der Waals surface area contributed by atoms with Gasteiger partial charge in [0.2, 0.25) is 5.89 Å². The second-order valence-electron chi connectivity index (χ2n) is 6.66. The minimum atomic E-state index is 0.0182. The van der Waals surface area contributed by atoms with E-state index in [9.17, 15) is 4.79 Å². The molecule has 0 spiro atoms. The molecule has 1 fully saturated rings. The molecule has 2 rings (SSSR count). The van der Waals surface area contributed by atoms with Crippen LogP contribution in [0.2, 0.25) is 0 Å². The lowest BCUT2D eigenvalue weighted by molar-refractivity contribution is 0.133. The van der Waals surface area contributed by atoms with E-state index in [1.54, 1.807) is 7.11 Å². The number of methoxy groups -OCH3 is 1. The standard InChI is InChI=1S/C17H30N4O3/c1-13(2)16-19-15(20-24-16)9-10-18-17(22)21-11-5-4-7-14(21)8-6-12-23-3/h13-14H,4-12H2,1-3H3,(H,18,22)/t14-/m1/s1. The lowest BCUT2D eigenvalue weighted by Crippen LogP contribution is -2.49. The normalized spacial score (nSPS) is 18.2. The third kappa shape index (κ3) is 5.47. The molecule has 1 aliphatic rings. The maximum Gasteiger partial charge on any atom is 0.317 e. The van der Waals surface area contributed by atoms with Crippen molar-refractivity contribution in [2.24, 2.45) is 0 Å². The van der Waals surface area contributed by atoms with Crippen LogP contribution in [0.4, 0.5) is 4.79 Å². The molecule has 1 N–H and O–H groups in total. The number of nitrogens with one attached hydrogen (secondary N) is 1. The first-order valence-electron chi connectivity index (χ1n) is 8.97. The SMILES string of the molecule is COCCC[C@H]1CCCCN1C(=O)NCCc1noc(C(C)C)n1. The van der Waals surface area contributed by atoms with Gasteiger partial charge in [0.05, 0.1) is 0 Å². The summed E-state index contributed by atoms with van der Waals surface area (Å²) in [7, 11) is 1.72. The Morgan fingerprint density at radius 2 is 2.29 bits per heavy atom. The van der Waals surface area contributed by atoms with Crippen LogP contribution in [0, 0.1) is 0 Å². The Hall–Kier alpha value is -1.63. The van der Waals surface area contributed by atoms with Gasteiger partial charge in [0.15, 0.2) is 5.82 Å². The highest BCUT2D eigenvalue weighted by atomic mass is 16.5. The molecule has 0 aliphatic carbocycles. The Morgan fingerprint density at radius 1 is 1.46 bits per heavy atom. The maximum absolute atomic E-state index is 12.5. The molecule has 0 unspecified atom stereocenters. The number of hydrogen-bond donors (Lipinski definition) is 1. The summed E-state index contributed by atoms with van der Waals surface area (Å²) < 4.78 is 10.3. The van der Waals surface area contributed by atoms with Crippen LogP contribution in [0.3, 0.4) is 0 Å². The second kappa shape index (κ2) is 9.61. The van der Waals surface area contributed by atoms with Gasteiger partial charge in [0, 0.05) is 45.2 Å². The topological polar surface area (TPSA) is 80.5 Å². The summed E-state index contributed by atoms with van der Waals surface area (Å²) >= 11 is 0. The highest BCUT2D eigenvalue weighted by molar-refractivity contribution is 5.74. The number of urea groups is 1. The van der Waals surface area contributed by atoms with Crippen molar-refractivity contribution >= 4 is 6.03 Å². The first-order chi connectivity index (χ1) is 11.6. The minimum absolute atomic E-state index is 0.0182. The molecule has 136 valence electrons. The van der Waals surface area contributed by atoms with Crippen molar-refractivity contribution in [3.63, 3.8) is 0 Å². The van der Waals surface area contributed by atoms with Crippen LogP contribution in [0.15, 0.2) is 4.52 Å². The molecule has 2 amide bonds. The monoisotopic (exact) mass is 338 g/mol. The Bertz CT molecular complexity index is 504. The van der Waals surface area contributed by atoms with E-state index in [-0.39, 0.29) is 11.9 Å². The van der Waals surface area contributed by atoms with Gasteiger partial charge in [-0.1, -0.05) is 19.0 Å². The van der Waals surface area contributed by atoms with Crippen LogP contribution in [-0.4, -0.2) is 53.9 Å². The summed E-state index contributed by atoms with van der Waals surface area (Å²) in [6, 6.07) is 0.344. The van der Waals surface area contributed by atoms with Gasteiger partial charge in [-0.15, -0.1) is 0 Å². The van der Waals surface area contributed by atoms with Crippen LogP contribution in [-0.2, 0) is 11.2 Å². The Labute approximate surface area is 144 Å². The molecular formula is C17H30N4O3. The molecule has 0 bridgehead atoms. The predicted octanol–water partition coefficient (Wildman–Crippen LogP) is 2.73. The molecule has 0 saturated carbocycles. The Morgan fingerprint density at radius 3 is 3.00 bits per heavy atom. The molecule has 0 radical (unpaired) electrons. The predicted molar refractivity (Wildman–Crippen MR) is 90.9 cm³/mol. The summed E-state index contributed by atoms with van der Waals surface area (Å²) in [5.41, 5.74) is 0. The van der Waals surface area contributed by atoms with E-state index in [4.69, 9.17) is 9.26 Å². The number of carbonyl (C=O) groups excluding carboxylic acids is 1. The van der Waals surface area contributed by atoms with Crippen molar-refractivity contribution in [3.05, 3.63) is 11.7 Å². The van der Waals surface area contributed by atoms with E-state index in [1.807, 2.05) is 18.7 Å². The lowest BCUT2D eigenvalue weighted by Gasteiger charge is -2.35. The Kier molecular flexibility index (Phi) is 7.49. The zero-order valence-electron chi connectivity index (χ0n) is 15.1. The van der Waals surface area contributed by atoms with Gasteiger partial charge in [-0.05, 0) is 32.1 Å². The second-order valence-corrected chi connectivity index (χ2v) is 6.66. The summed E-state index contributed by atoms with van der Waals surface area (Å²) in [6.07, 6.45) is 5.94. The molecule has 2 heterocycles. The summed E-state index contributed by atoms with van der Waals surface area (Å²) in [4.78, 5) is 18.8. The fourth-order valence-electron chi connectivity index (χ4n) is 3.02. The number of amides is 2. The van der Waals surface area contributed by atoms with Crippen LogP contribution < -0.4 is 5.32 Å². The number of hydrogen-bond acceptors (Lipinski definition) is 5. The van der Waals surface area contributed by atoms with Crippen molar-refractivity contribution in [3.8, 4) is 0 Å². The number of rotatable bonds is 8. The van der Waals surface area contributed by atoms with Crippen molar-refractivity contribution in [1.29, 1.82) is 0 Å². The van der Waals surface area contributed by atoms with Crippen LogP contribution in [0.1, 0.15) is 63.6 Å². The van der Waals surface area contributed by atoms with Crippen LogP contribution in [0.5, 0.6) is 0 Å². The van der Waals surface area contributed by atoms with Gasteiger partial charge in [-0.3, -0.25) is 0 Å². The third-order valence-corrected chi connectivity index (χ3v) is 4.38. The third-order valence-electron chi connectivity index (χ3n) is 4.38. The first-order valence-corrected chi connectivity index (χ1v) is 8.97. The zero-order valence-corrected chi connectivity index (χ0v) is 15.1. The molecule has 24 heavy (non-hydrogen) atoms. The number of piperidine rings is 1. The molecule has 1 atom stereocenters. The van der Waals surface area contributed by atoms with Gasteiger partial charge >= 0.3 is 6.03 Å². The van der Waals surface area contributed by atoms with Crippen molar-refractivity contribution in [2.45, 2.75) is 64.3 Å². The highest BCUT2D eigenvalue weighted by Crippen LogP contribution is 2.21. The van der Waals surface area contributed by atoms with Gasteiger partial charge in [-0.2, -0.15) is 4.98 Å². The van der Waals surface area contributed by atoms with E-state index < -0.39 is 0 Å². The molecule has 1 aromatic rings. The highest BCUT2D eigenvalue weighted by Gasteiger charge is 2.26. The number of ether oxygens (including phenoxy) is 1. The average Bonchev–Trinajstić information content (AvgIpc) is 3.05. The van der Waals surface area contributed by atoms with Crippen molar-refractivity contribution in [1.82, 2.24) is 20.4 Å². The molecule has 1 aromatic heterocycles. The van der Waals surface area contributed by atoms with Gasteiger partial charge in [0.25, 0.3) is 0 Å². The average molecular weight is 338 g/mol.